The van der Waals surface area contributed by atoms with Crippen molar-refractivity contribution in [2.75, 3.05) is 23.1 Å². The van der Waals surface area contributed by atoms with Crippen molar-refractivity contribution in [1.29, 1.82) is 0 Å². The smallest absolute Gasteiger partial charge is 0.313 e. The molecular weight excluding hydrogens is 282 g/mol. The van der Waals surface area contributed by atoms with Crippen LogP contribution in [0.15, 0.2) is 4.34 Å². The number of hydrogen-bond donors (Lipinski definition) is 2. The van der Waals surface area contributed by atoms with Gasteiger partial charge in [-0.15, -0.1) is 10.2 Å². The van der Waals surface area contributed by atoms with Crippen molar-refractivity contribution in [2.45, 2.75) is 17.3 Å². The Hall–Kier alpha value is -0.670. The Morgan fingerprint density at radius 1 is 1.65 bits per heavy atom. The first-order chi connectivity index (χ1) is 7.97. The van der Waals surface area contributed by atoms with E-state index in [1.165, 1.54) is 11.3 Å². The molecule has 2 atom stereocenters. The number of aromatic nitrogens is 2. The summed E-state index contributed by atoms with van der Waals surface area (Å²) in [6, 6.07) is 0.0473. The van der Waals surface area contributed by atoms with E-state index in [2.05, 4.69) is 15.5 Å². The summed E-state index contributed by atoms with van der Waals surface area (Å²) in [4.78, 5) is 10.4. The van der Waals surface area contributed by atoms with Crippen LogP contribution in [0.25, 0.3) is 0 Å². The van der Waals surface area contributed by atoms with Crippen molar-refractivity contribution in [3.8, 4) is 0 Å². The van der Waals surface area contributed by atoms with Gasteiger partial charge in [0, 0.05) is 28.9 Å². The number of rotatable bonds is 7. The van der Waals surface area contributed by atoms with Crippen LogP contribution in [0.5, 0.6) is 0 Å². The van der Waals surface area contributed by atoms with Crippen molar-refractivity contribution >= 4 is 45.0 Å². The Bertz CT molecular complexity index is 410. The molecule has 1 rings (SSSR count). The van der Waals surface area contributed by atoms with Crippen LogP contribution in [-0.4, -0.2) is 49.3 Å². The molecule has 1 aromatic rings. The number of carboxylic acids is 1. The molecule has 0 amide bonds. The van der Waals surface area contributed by atoms with Gasteiger partial charge in [0.25, 0.3) is 0 Å². The van der Waals surface area contributed by atoms with Gasteiger partial charge in [-0.25, -0.2) is 0 Å². The second-order valence-corrected chi connectivity index (χ2v) is 7.02. The lowest BCUT2D eigenvalue weighted by Crippen LogP contribution is -2.22. The highest BCUT2D eigenvalue weighted by Gasteiger charge is 2.10. The average molecular weight is 295 g/mol. The Labute approximate surface area is 110 Å². The molecular formula is C8H13N3O3S3. The number of carboxylic acid groups (broad SMARTS) is 1. The number of aliphatic carboxylic acids is 1. The lowest BCUT2D eigenvalue weighted by molar-refractivity contribution is -0.133. The molecule has 0 aliphatic rings. The van der Waals surface area contributed by atoms with E-state index in [-0.39, 0.29) is 11.8 Å². The normalized spacial score (nSPS) is 14.2. The van der Waals surface area contributed by atoms with Crippen molar-refractivity contribution in [3.05, 3.63) is 0 Å². The fourth-order valence-corrected chi connectivity index (χ4v) is 3.43. The van der Waals surface area contributed by atoms with Crippen LogP contribution in [0.4, 0.5) is 5.13 Å². The van der Waals surface area contributed by atoms with Gasteiger partial charge in [0.2, 0.25) is 5.13 Å². The number of nitrogens with one attached hydrogen (secondary N) is 1. The van der Waals surface area contributed by atoms with Crippen molar-refractivity contribution < 1.29 is 14.1 Å². The van der Waals surface area contributed by atoms with E-state index >= 15 is 0 Å². The summed E-state index contributed by atoms with van der Waals surface area (Å²) in [6.07, 6.45) is 1.65. The second-order valence-electron chi connectivity index (χ2n) is 3.34. The maximum Gasteiger partial charge on any atom is 0.313 e. The molecule has 0 bridgehead atoms. The summed E-state index contributed by atoms with van der Waals surface area (Å²) in [5, 5.41) is 19.9. The highest BCUT2D eigenvalue weighted by atomic mass is 32.2. The first-order valence-corrected chi connectivity index (χ1v) is 8.25. The Balaban J connectivity index is 2.45. The zero-order chi connectivity index (χ0) is 12.8. The van der Waals surface area contributed by atoms with Crippen molar-refractivity contribution in [2.24, 2.45) is 0 Å². The SMILES string of the molecule is CC(CS(C)=O)Nc1nnc(SCC(=O)O)s1. The lowest BCUT2D eigenvalue weighted by Gasteiger charge is -2.09. The van der Waals surface area contributed by atoms with Crippen molar-refractivity contribution in [3.63, 3.8) is 0 Å². The molecule has 0 spiro atoms. The van der Waals surface area contributed by atoms with E-state index in [9.17, 15) is 9.00 Å². The minimum absolute atomic E-state index is 0.0246. The van der Waals surface area contributed by atoms with Gasteiger partial charge in [-0.1, -0.05) is 23.1 Å². The largest absolute Gasteiger partial charge is 0.481 e. The molecule has 17 heavy (non-hydrogen) atoms. The third kappa shape index (κ3) is 5.99. The maximum atomic E-state index is 11.0. The van der Waals surface area contributed by atoms with Crippen LogP contribution < -0.4 is 5.32 Å². The molecule has 2 unspecified atom stereocenters. The molecule has 1 heterocycles. The van der Waals surface area contributed by atoms with E-state index in [4.69, 9.17) is 5.11 Å². The minimum Gasteiger partial charge on any atom is -0.481 e. The average Bonchev–Trinajstić information content (AvgIpc) is 2.61. The topological polar surface area (TPSA) is 92.2 Å². The van der Waals surface area contributed by atoms with Gasteiger partial charge in [0.1, 0.15) is 0 Å². The van der Waals surface area contributed by atoms with Crippen LogP contribution >= 0.6 is 23.1 Å². The fraction of sp³-hybridized carbons (Fsp3) is 0.625. The first kappa shape index (κ1) is 14.4. The van der Waals surface area contributed by atoms with Gasteiger partial charge >= 0.3 is 5.97 Å². The van der Waals surface area contributed by atoms with E-state index in [0.29, 0.717) is 15.2 Å². The summed E-state index contributed by atoms with van der Waals surface area (Å²) in [6.45, 7) is 1.91. The van der Waals surface area contributed by atoms with Crippen LogP contribution in [0.3, 0.4) is 0 Å². The number of thioether (sulfide) groups is 1. The third-order valence-corrected chi connectivity index (χ3v) is 4.52. The minimum atomic E-state index is -0.880. The quantitative estimate of drug-likeness (QED) is 0.722. The molecule has 0 aliphatic heterocycles. The summed E-state index contributed by atoms with van der Waals surface area (Å²) < 4.78 is 11.6. The number of nitrogens with zero attached hydrogens (tertiary/aromatic N) is 2. The lowest BCUT2D eigenvalue weighted by atomic mass is 10.4. The van der Waals surface area contributed by atoms with E-state index in [1.807, 2.05) is 6.92 Å². The molecule has 96 valence electrons. The van der Waals surface area contributed by atoms with E-state index in [0.717, 1.165) is 11.8 Å². The zero-order valence-corrected chi connectivity index (χ0v) is 11.8. The van der Waals surface area contributed by atoms with E-state index in [1.54, 1.807) is 6.26 Å². The zero-order valence-electron chi connectivity index (χ0n) is 9.37. The molecule has 0 fully saturated rings. The molecule has 0 aliphatic carbocycles. The molecule has 0 radical (unpaired) electrons. The Morgan fingerprint density at radius 3 is 2.94 bits per heavy atom. The van der Waals surface area contributed by atoms with Crippen LogP contribution in [0.1, 0.15) is 6.92 Å². The monoisotopic (exact) mass is 295 g/mol. The summed E-state index contributed by atoms with van der Waals surface area (Å²) in [7, 11) is -0.861. The second kappa shape index (κ2) is 6.92. The van der Waals surface area contributed by atoms with Gasteiger partial charge in [-0.2, -0.15) is 0 Å². The van der Waals surface area contributed by atoms with Gasteiger partial charge in [-0.05, 0) is 6.92 Å². The highest BCUT2D eigenvalue weighted by Crippen LogP contribution is 2.25. The number of anilines is 1. The fourth-order valence-electron chi connectivity index (χ4n) is 1.05. The standard InChI is InChI=1S/C8H13N3O3S3/c1-5(4-17(2)14)9-7-10-11-8(16-7)15-3-6(12)13/h5H,3-4H2,1-2H3,(H,9,10)(H,12,13). The molecule has 0 saturated carbocycles. The summed E-state index contributed by atoms with van der Waals surface area (Å²) in [5.74, 6) is -0.366. The van der Waals surface area contributed by atoms with E-state index < -0.39 is 16.8 Å². The maximum absolute atomic E-state index is 11.0. The molecule has 0 aromatic carbocycles. The van der Waals surface area contributed by atoms with Gasteiger partial charge in [-0.3, -0.25) is 9.00 Å². The highest BCUT2D eigenvalue weighted by molar-refractivity contribution is 8.01. The molecule has 9 heteroatoms. The Kier molecular flexibility index (Phi) is 5.86. The molecule has 6 nitrogen and oxygen atoms in total. The Morgan fingerprint density at radius 2 is 2.35 bits per heavy atom. The molecule has 0 saturated heterocycles. The molecule has 2 N–H and O–H groups in total. The van der Waals surface area contributed by atoms with Crippen LogP contribution in [0, 0.1) is 0 Å². The third-order valence-electron chi connectivity index (χ3n) is 1.58. The first-order valence-electron chi connectivity index (χ1n) is 4.72. The van der Waals surface area contributed by atoms with Crippen molar-refractivity contribution in [1.82, 2.24) is 10.2 Å². The van der Waals surface area contributed by atoms with Crippen LogP contribution in [-0.2, 0) is 15.6 Å². The molecule has 1 aromatic heterocycles. The summed E-state index contributed by atoms with van der Waals surface area (Å²) in [5.41, 5.74) is 0. The van der Waals surface area contributed by atoms with Gasteiger partial charge in [0.05, 0.1) is 5.75 Å². The van der Waals surface area contributed by atoms with Gasteiger partial charge in [0.15, 0.2) is 4.34 Å². The number of hydrogen-bond acceptors (Lipinski definition) is 7. The predicted octanol–water partition coefficient (Wildman–Crippen LogP) is 0.894. The van der Waals surface area contributed by atoms with Gasteiger partial charge < -0.3 is 10.4 Å². The predicted molar refractivity (Wildman–Crippen MR) is 70.3 cm³/mol. The summed E-state index contributed by atoms with van der Waals surface area (Å²) >= 11 is 2.43. The number of carbonyl (C=O) groups is 1. The van der Waals surface area contributed by atoms with Crippen LogP contribution in [0.2, 0.25) is 0 Å².